The number of hydrogen-bond acceptors (Lipinski definition) is 8. The van der Waals surface area contributed by atoms with Gasteiger partial charge in [0.2, 0.25) is 0 Å². The van der Waals surface area contributed by atoms with E-state index in [-0.39, 0.29) is 23.5 Å². The van der Waals surface area contributed by atoms with Crippen LogP contribution in [0.5, 0.6) is 0 Å². The zero-order valence-electron chi connectivity index (χ0n) is 20.2. The fourth-order valence-corrected chi connectivity index (χ4v) is 4.17. The van der Waals surface area contributed by atoms with E-state index in [0.717, 1.165) is 66.3 Å². The molecule has 4 aromatic rings. The molecule has 5 rings (SSSR count). The summed E-state index contributed by atoms with van der Waals surface area (Å²) in [6, 6.07) is 10.7. The van der Waals surface area contributed by atoms with Crippen molar-refractivity contribution in [3.63, 3.8) is 0 Å². The Morgan fingerprint density at radius 2 is 1.76 bits per heavy atom. The molecule has 0 radical (unpaired) electrons. The fourth-order valence-electron chi connectivity index (χ4n) is 4.17. The molecular weight excluding hydrogens is 484 g/mol. The van der Waals surface area contributed by atoms with Crippen molar-refractivity contribution in [2.75, 3.05) is 44.7 Å². The number of rotatable bonds is 7. The van der Waals surface area contributed by atoms with Crippen LogP contribution >= 0.6 is 0 Å². The lowest BCUT2D eigenvalue weighted by molar-refractivity contribution is 0.0398. The molecule has 1 fully saturated rings. The molecule has 0 bridgehead atoms. The number of ether oxygens (including phenoxy) is 1. The quantitative estimate of drug-likeness (QED) is 0.401. The van der Waals surface area contributed by atoms with Gasteiger partial charge in [-0.2, -0.15) is 0 Å². The van der Waals surface area contributed by atoms with Crippen LogP contribution in [0.1, 0.15) is 5.56 Å². The smallest absolute Gasteiger partial charge is 0.332 e. The number of nitrogens with one attached hydrogen (secondary N) is 1. The van der Waals surface area contributed by atoms with Crippen molar-refractivity contribution in [2.45, 2.75) is 6.54 Å². The van der Waals surface area contributed by atoms with Crippen LogP contribution in [0.3, 0.4) is 0 Å². The van der Waals surface area contributed by atoms with Gasteiger partial charge in [0.1, 0.15) is 0 Å². The zero-order valence-corrected chi connectivity index (χ0v) is 20.2. The highest BCUT2D eigenvalue weighted by Gasteiger charge is 2.17. The second-order valence-electron chi connectivity index (χ2n) is 8.75. The number of anilines is 1. The summed E-state index contributed by atoms with van der Waals surface area (Å²) in [6.07, 6.45) is 0. The zero-order chi connectivity index (χ0) is 25.9. The van der Waals surface area contributed by atoms with Gasteiger partial charge < -0.3 is 10.1 Å². The summed E-state index contributed by atoms with van der Waals surface area (Å²) >= 11 is 0. The molecule has 37 heavy (non-hydrogen) atoms. The van der Waals surface area contributed by atoms with Gasteiger partial charge in [-0.25, -0.2) is 18.6 Å². The van der Waals surface area contributed by atoms with Gasteiger partial charge in [0.05, 0.1) is 19.8 Å². The second-order valence-corrected chi connectivity index (χ2v) is 8.75. The molecule has 2 aromatic heterocycles. The van der Waals surface area contributed by atoms with E-state index in [1.54, 1.807) is 0 Å². The normalized spacial score (nSPS) is 14.2. The van der Waals surface area contributed by atoms with Gasteiger partial charge in [-0.15, -0.1) is 10.2 Å². The predicted octanol–water partition coefficient (Wildman–Crippen LogP) is 1.62. The first kappa shape index (κ1) is 24.7. The van der Waals surface area contributed by atoms with E-state index in [1.165, 1.54) is 13.1 Å². The fraction of sp³-hybridized carbons (Fsp3) is 0.320. The third-order valence-electron chi connectivity index (χ3n) is 6.28. The van der Waals surface area contributed by atoms with Crippen molar-refractivity contribution in [3.8, 4) is 11.4 Å². The number of halogens is 2. The molecule has 192 valence electrons. The van der Waals surface area contributed by atoms with E-state index < -0.39 is 22.9 Å². The van der Waals surface area contributed by atoms with Crippen LogP contribution in [-0.4, -0.2) is 68.6 Å². The van der Waals surface area contributed by atoms with Gasteiger partial charge in [0.15, 0.2) is 28.6 Å². The minimum atomic E-state index is -1.04. The molecule has 0 spiro atoms. The van der Waals surface area contributed by atoms with Gasteiger partial charge in [-0.05, 0) is 42.0 Å². The Balaban J connectivity index is 1.39. The van der Waals surface area contributed by atoms with E-state index in [9.17, 15) is 18.4 Å². The molecule has 1 aliphatic rings. The molecule has 1 N–H and O–H groups in total. The summed E-state index contributed by atoms with van der Waals surface area (Å²) in [7, 11) is 1.32. The van der Waals surface area contributed by atoms with Gasteiger partial charge in [-0.1, -0.05) is 6.07 Å². The van der Waals surface area contributed by atoms with Crippen LogP contribution in [0.25, 0.3) is 22.6 Å². The average Bonchev–Trinajstić information content (AvgIpc) is 2.92. The third kappa shape index (κ3) is 5.25. The van der Waals surface area contributed by atoms with E-state index in [0.29, 0.717) is 11.1 Å². The molecule has 12 heteroatoms. The van der Waals surface area contributed by atoms with E-state index in [1.807, 2.05) is 24.3 Å². The standard InChI is InChI=1S/C25H25F2N7O3/c1-32-24(35)21-23(34(25(32)36)15-16-2-7-19(26)20(27)14-16)31-30-22(29-21)17-3-5-18(6-4-17)28-8-9-33-10-12-37-13-11-33/h2-7,14,28H,8-13,15H2,1H3. The number of fused-ring (bicyclic) bond motifs is 1. The largest absolute Gasteiger partial charge is 0.384 e. The molecule has 2 aromatic carbocycles. The van der Waals surface area contributed by atoms with Crippen molar-refractivity contribution >= 4 is 16.9 Å². The Bertz CT molecular complexity index is 1550. The summed E-state index contributed by atoms with van der Waals surface area (Å²) in [4.78, 5) is 32.3. The molecule has 0 amide bonds. The van der Waals surface area contributed by atoms with Gasteiger partial charge in [-0.3, -0.25) is 18.8 Å². The molecule has 0 saturated carbocycles. The number of aromatic nitrogens is 5. The molecule has 0 aliphatic carbocycles. The first-order valence-electron chi connectivity index (χ1n) is 11.8. The molecule has 0 unspecified atom stereocenters. The van der Waals surface area contributed by atoms with Crippen LogP contribution in [0.4, 0.5) is 14.5 Å². The van der Waals surface area contributed by atoms with Crippen LogP contribution in [0.15, 0.2) is 52.1 Å². The minimum absolute atomic E-state index is 0.0389. The Kier molecular flexibility index (Phi) is 7.01. The summed E-state index contributed by atoms with van der Waals surface area (Å²) in [5, 5.41) is 11.6. The monoisotopic (exact) mass is 509 g/mol. The Morgan fingerprint density at radius 3 is 2.49 bits per heavy atom. The lowest BCUT2D eigenvalue weighted by Crippen LogP contribution is -2.39. The van der Waals surface area contributed by atoms with Crippen molar-refractivity contribution in [3.05, 3.63) is 80.5 Å². The topological polar surface area (TPSA) is 107 Å². The number of nitrogens with zero attached hydrogens (tertiary/aromatic N) is 6. The summed E-state index contributed by atoms with van der Waals surface area (Å²) in [6.45, 7) is 4.96. The van der Waals surface area contributed by atoms with Crippen molar-refractivity contribution in [1.29, 1.82) is 0 Å². The van der Waals surface area contributed by atoms with Crippen LogP contribution < -0.4 is 16.6 Å². The van der Waals surface area contributed by atoms with Gasteiger partial charge in [0.25, 0.3) is 5.56 Å². The highest BCUT2D eigenvalue weighted by atomic mass is 19.2. The highest BCUT2D eigenvalue weighted by molar-refractivity contribution is 5.71. The van der Waals surface area contributed by atoms with E-state index in [2.05, 4.69) is 25.4 Å². The minimum Gasteiger partial charge on any atom is -0.384 e. The predicted molar refractivity (Wildman–Crippen MR) is 133 cm³/mol. The maximum absolute atomic E-state index is 13.7. The van der Waals surface area contributed by atoms with Crippen molar-refractivity contribution < 1.29 is 13.5 Å². The lowest BCUT2D eigenvalue weighted by atomic mass is 10.2. The number of hydrogen-bond donors (Lipinski definition) is 1. The molecular formula is C25H25F2N7O3. The summed E-state index contributed by atoms with van der Waals surface area (Å²) in [5.41, 5.74) is 0.516. The Morgan fingerprint density at radius 1 is 1.00 bits per heavy atom. The lowest BCUT2D eigenvalue weighted by Gasteiger charge is -2.26. The van der Waals surface area contributed by atoms with Gasteiger partial charge in [0, 0.05) is 44.5 Å². The summed E-state index contributed by atoms with van der Waals surface area (Å²) in [5.74, 6) is -1.81. The van der Waals surface area contributed by atoms with E-state index >= 15 is 0 Å². The molecule has 3 heterocycles. The molecule has 0 atom stereocenters. The number of benzene rings is 2. The molecule has 10 nitrogen and oxygen atoms in total. The second kappa shape index (κ2) is 10.5. The van der Waals surface area contributed by atoms with Crippen molar-refractivity contribution in [1.82, 2.24) is 29.2 Å². The third-order valence-corrected chi connectivity index (χ3v) is 6.28. The average molecular weight is 510 g/mol. The summed E-state index contributed by atoms with van der Waals surface area (Å²) < 4.78 is 34.4. The SMILES string of the molecule is Cn1c(=O)c2nc(-c3ccc(NCCN4CCOCC4)cc3)nnc2n(Cc2ccc(F)c(F)c2)c1=O. The first-order valence-corrected chi connectivity index (χ1v) is 11.8. The maximum Gasteiger partial charge on any atom is 0.332 e. The highest BCUT2D eigenvalue weighted by Crippen LogP contribution is 2.19. The van der Waals surface area contributed by atoms with Crippen LogP contribution in [0.2, 0.25) is 0 Å². The van der Waals surface area contributed by atoms with E-state index in [4.69, 9.17) is 4.74 Å². The number of morpholine rings is 1. The van der Waals surface area contributed by atoms with Gasteiger partial charge >= 0.3 is 5.69 Å². The Hall–Kier alpha value is -4.03. The van der Waals surface area contributed by atoms with Crippen LogP contribution in [-0.2, 0) is 18.3 Å². The van der Waals surface area contributed by atoms with Crippen LogP contribution in [0, 0.1) is 11.6 Å². The molecule has 1 saturated heterocycles. The first-order chi connectivity index (χ1) is 17.9. The maximum atomic E-state index is 13.7. The Labute approximate surface area is 210 Å². The van der Waals surface area contributed by atoms with Crippen molar-refractivity contribution in [2.24, 2.45) is 7.05 Å². The molecule has 1 aliphatic heterocycles.